The van der Waals surface area contributed by atoms with Gasteiger partial charge in [-0.3, -0.25) is 0 Å². The predicted molar refractivity (Wildman–Crippen MR) is 68.5 cm³/mol. The van der Waals surface area contributed by atoms with E-state index in [4.69, 9.17) is 10.5 Å². The van der Waals surface area contributed by atoms with Crippen molar-refractivity contribution < 1.29 is 4.74 Å². The average Bonchev–Trinajstić information content (AvgIpc) is 2.25. The summed E-state index contributed by atoms with van der Waals surface area (Å²) in [5.74, 6) is 1.47. The Kier molecular flexibility index (Phi) is 7.01. The number of ether oxygens (including phenoxy) is 1. The molecule has 0 spiro atoms. The lowest BCUT2D eigenvalue weighted by Gasteiger charge is -2.32. The molecule has 0 aromatic carbocycles. The minimum absolute atomic E-state index is 0.645. The van der Waals surface area contributed by atoms with Crippen LogP contribution < -0.4 is 5.73 Å². The molecule has 0 aromatic rings. The van der Waals surface area contributed by atoms with Crippen LogP contribution in [0.15, 0.2) is 0 Å². The molecule has 1 atom stereocenters. The lowest BCUT2D eigenvalue weighted by molar-refractivity contribution is 0.0704. The van der Waals surface area contributed by atoms with Crippen LogP contribution in [0.25, 0.3) is 0 Å². The van der Waals surface area contributed by atoms with E-state index in [2.05, 4.69) is 18.7 Å². The zero-order valence-corrected chi connectivity index (χ0v) is 11.0. The van der Waals surface area contributed by atoms with Crippen molar-refractivity contribution in [3.8, 4) is 0 Å². The summed E-state index contributed by atoms with van der Waals surface area (Å²) in [5.41, 5.74) is 5.62. The molecule has 1 heterocycles. The van der Waals surface area contributed by atoms with Gasteiger partial charge in [0.1, 0.15) is 0 Å². The van der Waals surface area contributed by atoms with Crippen LogP contribution in [-0.4, -0.2) is 44.3 Å². The van der Waals surface area contributed by atoms with Crippen molar-refractivity contribution in [2.24, 2.45) is 17.6 Å². The molecule has 1 saturated heterocycles. The maximum atomic E-state index is 5.63. The molecule has 1 aliphatic rings. The highest BCUT2D eigenvalue weighted by Gasteiger charge is 2.18. The Balaban J connectivity index is 2.07. The molecule has 3 heteroatoms. The van der Waals surface area contributed by atoms with Gasteiger partial charge in [0.05, 0.1) is 6.61 Å². The average molecular weight is 228 g/mol. The van der Waals surface area contributed by atoms with Gasteiger partial charge in [0.2, 0.25) is 0 Å². The first kappa shape index (κ1) is 13.9. The van der Waals surface area contributed by atoms with Gasteiger partial charge in [-0.2, -0.15) is 0 Å². The van der Waals surface area contributed by atoms with Gasteiger partial charge in [-0.25, -0.2) is 0 Å². The third kappa shape index (κ3) is 5.83. The maximum Gasteiger partial charge on any atom is 0.0593 e. The molecule has 0 amide bonds. The van der Waals surface area contributed by atoms with Gasteiger partial charge in [0.25, 0.3) is 0 Å². The van der Waals surface area contributed by atoms with Gasteiger partial charge >= 0.3 is 0 Å². The number of rotatable bonds is 7. The lowest BCUT2D eigenvalue weighted by atomic mass is 9.95. The molecular weight excluding hydrogens is 200 g/mol. The van der Waals surface area contributed by atoms with Crippen molar-refractivity contribution in [1.82, 2.24) is 4.90 Å². The molecule has 0 aliphatic carbocycles. The van der Waals surface area contributed by atoms with Crippen LogP contribution in [-0.2, 0) is 4.74 Å². The van der Waals surface area contributed by atoms with Gasteiger partial charge in [0.15, 0.2) is 0 Å². The molecule has 0 aromatic heterocycles. The zero-order chi connectivity index (χ0) is 11.8. The fourth-order valence-electron chi connectivity index (χ4n) is 2.34. The summed E-state index contributed by atoms with van der Waals surface area (Å²) >= 11 is 0. The minimum Gasteiger partial charge on any atom is -0.380 e. The molecule has 1 aliphatic heterocycles. The molecule has 2 N–H and O–H groups in total. The Morgan fingerprint density at radius 1 is 1.44 bits per heavy atom. The largest absolute Gasteiger partial charge is 0.380 e. The summed E-state index contributed by atoms with van der Waals surface area (Å²) in [4.78, 5) is 2.53. The van der Waals surface area contributed by atoms with Gasteiger partial charge < -0.3 is 15.4 Å². The minimum atomic E-state index is 0.645. The van der Waals surface area contributed by atoms with E-state index in [0.717, 1.165) is 32.2 Å². The van der Waals surface area contributed by atoms with Crippen molar-refractivity contribution >= 4 is 0 Å². The second kappa shape index (κ2) is 8.04. The Morgan fingerprint density at radius 2 is 2.25 bits per heavy atom. The molecule has 1 fully saturated rings. The van der Waals surface area contributed by atoms with Crippen molar-refractivity contribution in [2.45, 2.75) is 33.1 Å². The van der Waals surface area contributed by atoms with Crippen LogP contribution >= 0.6 is 0 Å². The van der Waals surface area contributed by atoms with E-state index >= 15 is 0 Å². The van der Waals surface area contributed by atoms with E-state index in [1.165, 1.54) is 32.4 Å². The standard InChI is InChI=1S/C13H28N2O/c1-12(2)11-16-9-8-15-7-3-4-13(10-15)5-6-14/h12-13H,3-11,14H2,1-2H3. The number of hydrogen-bond acceptors (Lipinski definition) is 3. The van der Waals surface area contributed by atoms with E-state index in [-0.39, 0.29) is 0 Å². The SMILES string of the molecule is CC(C)COCCN1CCCC(CCN)C1. The zero-order valence-electron chi connectivity index (χ0n) is 11.0. The van der Waals surface area contributed by atoms with E-state index < -0.39 is 0 Å². The van der Waals surface area contributed by atoms with Gasteiger partial charge in [-0.15, -0.1) is 0 Å². The molecule has 3 nitrogen and oxygen atoms in total. The van der Waals surface area contributed by atoms with Crippen LogP contribution in [0.4, 0.5) is 0 Å². The second-order valence-corrected chi connectivity index (χ2v) is 5.35. The monoisotopic (exact) mass is 228 g/mol. The van der Waals surface area contributed by atoms with Gasteiger partial charge in [-0.05, 0) is 44.2 Å². The topological polar surface area (TPSA) is 38.5 Å². The molecule has 0 bridgehead atoms. The van der Waals surface area contributed by atoms with Crippen LogP contribution in [0.1, 0.15) is 33.1 Å². The van der Waals surface area contributed by atoms with Crippen LogP contribution in [0.2, 0.25) is 0 Å². The molecule has 96 valence electrons. The summed E-state index contributed by atoms with van der Waals surface area (Å²) in [6.45, 7) is 10.6. The van der Waals surface area contributed by atoms with E-state index in [9.17, 15) is 0 Å². The molecule has 0 radical (unpaired) electrons. The van der Waals surface area contributed by atoms with E-state index in [1.807, 2.05) is 0 Å². The smallest absolute Gasteiger partial charge is 0.0593 e. The Hall–Kier alpha value is -0.120. The molecule has 1 unspecified atom stereocenters. The van der Waals surface area contributed by atoms with E-state index in [1.54, 1.807) is 0 Å². The normalized spacial score (nSPS) is 22.9. The first-order chi connectivity index (χ1) is 7.72. The second-order valence-electron chi connectivity index (χ2n) is 5.35. The third-order valence-corrected chi connectivity index (χ3v) is 3.18. The summed E-state index contributed by atoms with van der Waals surface area (Å²) in [6, 6.07) is 0. The summed E-state index contributed by atoms with van der Waals surface area (Å²) in [7, 11) is 0. The molecule has 16 heavy (non-hydrogen) atoms. The van der Waals surface area contributed by atoms with Crippen LogP contribution in [0.5, 0.6) is 0 Å². The van der Waals surface area contributed by atoms with Crippen LogP contribution in [0, 0.1) is 11.8 Å². The Labute approximate surface area is 100 Å². The number of hydrogen-bond donors (Lipinski definition) is 1. The molecular formula is C13H28N2O. The summed E-state index contributed by atoms with van der Waals surface area (Å²) < 4.78 is 5.63. The first-order valence-electron chi connectivity index (χ1n) is 6.72. The van der Waals surface area contributed by atoms with Gasteiger partial charge in [-0.1, -0.05) is 13.8 Å². The molecule has 1 rings (SSSR count). The van der Waals surface area contributed by atoms with Crippen LogP contribution in [0.3, 0.4) is 0 Å². The van der Waals surface area contributed by atoms with Crippen molar-refractivity contribution in [3.05, 3.63) is 0 Å². The Bertz CT molecular complexity index is 171. The fourth-order valence-corrected chi connectivity index (χ4v) is 2.34. The lowest BCUT2D eigenvalue weighted by Crippen LogP contribution is -2.38. The summed E-state index contributed by atoms with van der Waals surface area (Å²) in [6.07, 6.45) is 3.87. The van der Waals surface area contributed by atoms with Crippen molar-refractivity contribution in [2.75, 3.05) is 39.4 Å². The predicted octanol–water partition coefficient (Wildman–Crippen LogP) is 1.72. The number of nitrogens with zero attached hydrogens (tertiary/aromatic N) is 1. The highest BCUT2D eigenvalue weighted by Crippen LogP contribution is 2.18. The molecule has 0 saturated carbocycles. The van der Waals surface area contributed by atoms with Crippen molar-refractivity contribution in [1.29, 1.82) is 0 Å². The first-order valence-corrected chi connectivity index (χ1v) is 6.72. The highest BCUT2D eigenvalue weighted by molar-refractivity contribution is 4.73. The number of nitrogens with two attached hydrogens (primary N) is 1. The van der Waals surface area contributed by atoms with Gasteiger partial charge in [0, 0.05) is 19.7 Å². The maximum absolute atomic E-state index is 5.63. The van der Waals surface area contributed by atoms with Crippen molar-refractivity contribution in [3.63, 3.8) is 0 Å². The number of likely N-dealkylation sites (tertiary alicyclic amines) is 1. The fraction of sp³-hybridized carbons (Fsp3) is 1.00. The van der Waals surface area contributed by atoms with E-state index in [0.29, 0.717) is 5.92 Å². The Morgan fingerprint density at radius 3 is 2.94 bits per heavy atom. The third-order valence-electron chi connectivity index (χ3n) is 3.18. The highest BCUT2D eigenvalue weighted by atomic mass is 16.5. The quantitative estimate of drug-likeness (QED) is 0.674. The number of piperidine rings is 1. The summed E-state index contributed by atoms with van der Waals surface area (Å²) in [5, 5.41) is 0.